The first-order valence-electron chi connectivity index (χ1n) is 7.43. The maximum atomic E-state index is 12.1. The molecule has 1 aliphatic rings. The fourth-order valence-electron chi connectivity index (χ4n) is 2.37. The predicted molar refractivity (Wildman–Crippen MR) is 81.8 cm³/mol. The van der Waals surface area contributed by atoms with Gasteiger partial charge in [-0.1, -0.05) is 12.1 Å². The molecule has 6 nitrogen and oxygen atoms in total. The molecule has 1 atom stereocenters. The van der Waals surface area contributed by atoms with E-state index in [-0.39, 0.29) is 12.0 Å². The number of carbonyl (C=O) groups excluding carboxylic acids is 1. The van der Waals surface area contributed by atoms with E-state index in [0.29, 0.717) is 31.2 Å². The summed E-state index contributed by atoms with van der Waals surface area (Å²) in [6, 6.07) is 7.43. The molecule has 0 radical (unpaired) electrons. The lowest BCUT2D eigenvalue weighted by Crippen LogP contribution is -2.27. The highest BCUT2D eigenvalue weighted by molar-refractivity contribution is 5.95. The third-order valence-corrected chi connectivity index (χ3v) is 3.53. The summed E-state index contributed by atoms with van der Waals surface area (Å²) in [6.45, 7) is 1.86. The van der Waals surface area contributed by atoms with Crippen molar-refractivity contribution in [1.29, 1.82) is 0 Å². The third kappa shape index (κ3) is 3.65. The molecule has 2 heterocycles. The Hall–Kier alpha value is -2.34. The fourth-order valence-corrected chi connectivity index (χ4v) is 2.37. The number of nitrogens with one attached hydrogen (secondary N) is 1. The van der Waals surface area contributed by atoms with E-state index >= 15 is 0 Å². The zero-order valence-corrected chi connectivity index (χ0v) is 12.3. The third-order valence-electron chi connectivity index (χ3n) is 3.53. The van der Waals surface area contributed by atoms with E-state index in [9.17, 15) is 4.79 Å². The number of anilines is 1. The topological polar surface area (TPSA) is 65.4 Å². The molecule has 1 saturated heterocycles. The number of rotatable bonds is 6. The highest BCUT2D eigenvalue weighted by Crippen LogP contribution is 2.25. The van der Waals surface area contributed by atoms with Gasteiger partial charge in [0.2, 0.25) is 0 Å². The van der Waals surface area contributed by atoms with Crippen LogP contribution in [0.1, 0.15) is 12.8 Å². The van der Waals surface area contributed by atoms with Gasteiger partial charge in [-0.25, -0.2) is 4.98 Å². The normalized spacial score (nSPS) is 17.4. The molecule has 1 fully saturated rings. The van der Waals surface area contributed by atoms with E-state index in [4.69, 9.17) is 9.47 Å². The van der Waals surface area contributed by atoms with Crippen molar-refractivity contribution < 1.29 is 14.3 Å². The molecule has 1 aromatic carbocycles. The molecular weight excluding hydrogens is 282 g/mol. The molecule has 2 aromatic rings. The van der Waals surface area contributed by atoms with Crippen LogP contribution >= 0.6 is 0 Å². The van der Waals surface area contributed by atoms with E-state index in [1.165, 1.54) is 0 Å². The standard InChI is InChI=1S/C16H19N3O3/c20-16(15-6-3-10-21-15)18-13-4-1-2-5-14(13)22-11-9-19-8-7-17-12-19/h1-2,4-5,7-8,12,15H,3,6,9-11H2,(H,18,20). The lowest BCUT2D eigenvalue weighted by molar-refractivity contribution is -0.124. The molecular formula is C16H19N3O3. The van der Waals surface area contributed by atoms with Crippen molar-refractivity contribution in [1.82, 2.24) is 9.55 Å². The van der Waals surface area contributed by atoms with Gasteiger partial charge in [0.15, 0.2) is 0 Å². The quantitative estimate of drug-likeness (QED) is 0.887. The first-order valence-corrected chi connectivity index (χ1v) is 7.43. The number of hydrogen-bond donors (Lipinski definition) is 1. The second-order valence-corrected chi connectivity index (χ2v) is 5.14. The van der Waals surface area contributed by atoms with Crippen LogP contribution in [0.5, 0.6) is 5.75 Å². The van der Waals surface area contributed by atoms with Gasteiger partial charge in [0, 0.05) is 19.0 Å². The zero-order valence-electron chi connectivity index (χ0n) is 12.3. The molecule has 22 heavy (non-hydrogen) atoms. The van der Waals surface area contributed by atoms with Crippen molar-refractivity contribution in [3.8, 4) is 5.75 Å². The Balaban J connectivity index is 1.58. The Morgan fingerprint density at radius 2 is 2.36 bits per heavy atom. The van der Waals surface area contributed by atoms with Gasteiger partial charge < -0.3 is 19.4 Å². The van der Waals surface area contributed by atoms with E-state index in [2.05, 4.69) is 10.3 Å². The van der Waals surface area contributed by atoms with Gasteiger partial charge in [0.05, 0.1) is 18.6 Å². The van der Waals surface area contributed by atoms with Crippen LogP contribution in [-0.4, -0.2) is 34.8 Å². The Morgan fingerprint density at radius 1 is 1.45 bits per heavy atom. The SMILES string of the molecule is O=C(Nc1ccccc1OCCn1ccnc1)C1CCCO1. The number of carbonyl (C=O) groups is 1. The highest BCUT2D eigenvalue weighted by Gasteiger charge is 2.24. The van der Waals surface area contributed by atoms with Gasteiger partial charge in [0.1, 0.15) is 18.5 Å². The lowest BCUT2D eigenvalue weighted by Gasteiger charge is -2.14. The van der Waals surface area contributed by atoms with Crippen LogP contribution in [-0.2, 0) is 16.1 Å². The number of nitrogens with zero attached hydrogens (tertiary/aromatic N) is 2. The minimum atomic E-state index is -0.348. The number of para-hydroxylation sites is 2. The molecule has 0 spiro atoms. The van der Waals surface area contributed by atoms with Crippen LogP contribution in [0.4, 0.5) is 5.69 Å². The number of benzene rings is 1. The van der Waals surface area contributed by atoms with Gasteiger partial charge in [-0.2, -0.15) is 0 Å². The number of aromatic nitrogens is 2. The summed E-state index contributed by atoms with van der Waals surface area (Å²) in [5.41, 5.74) is 0.675. The summed E-state index contributed by atoms with van der Waals surface area (Å²) >= 11 is 0. The average molecular weight is 301 g/mol. The molecule has 3 rings (SSSR count). The van der Waals surface area contributed by atoms with Gasteiger partial charge in [-0.15, -0.1) is 0 Å². The predicted octanol–water partition coefficient (Wildman–Crippen LogP) is 2.08. The Morgan fingerprint density at radius 3 is 3.14 bits per heavy atom. The first kappa shape index (κ1) is 14.6. The van der Waals surface area contributed by atoms with Gasteiger partial charge in [0.25, 0.3) is 5.91 Å². The molecule has 1 aliphatic heterocycles. The minimum Gasteiger partial charge on any atom is -0.490 e. The van der Waals surface area contributed by atoms with Crippen molar-refractivity contribution in [3.63, 3.8) is 0 Å². The number of hydrogen-bond acceptors (Lipinski definition) is 4. The van der Waals surface area contributed by atoms with Crippen molar-refractivity contribution in [3.05, 3.63) is 43.0 Å². The number of ether oxygens (including phenoxy) is 2. The van der Waals surface area contributed by atoms with Crippen molar-refractivity contribution in [2.45, 2.75) is 25.5 Å². The van der Waals surface area contributed by atoms with Crippen molar-refractivity contribution in [2.75, 3.05) is 18.5 Å². The van der Waals surface area contributed by atoms with Gasteiger partial charge in [-0.05, 0) is 25.0 Å². The van der Waals surface area contributed by atoms with Crippen LogP contribution in [0.2, 0.25) is 0 Å². The molecule has 116 valence electrons. The zero-order chi connectivity index (χ0) is 15.2. The monoisotopic (exact) mass is 301 g/mol. The molecule has 1 aromatic heterocycles. The summed E-state index contributed by atoms with van der Waals surface area (Å²) < 4.78 is 13.1. The lowest BCUT2D eigenvalue weighted by atomic mass is 10.2. The van der Waals surface area contributed by atoms with E-state index < -0.39 is 0 Å². The first-order chi connectivity index (χ1) is 10.8. The minimum absolute atomic E-state index is 0.108. The van der Waals surface area contributed by atoms with Crippen LogP contribution in [0.25, 0.3) is 0 Å². The van der Waals surface area contributed by atoms with Crippen molar-refractivity contribution >= 4 is 11.6 Å². The second kappa shape index (κ2) is 7.09. The Labute approximate surface area is 129 Å². The summed E-state index contributed by atoms with van der Waals surface area (Å²) in [4.78, 5) is 16.1. The second-order valence-electron chi connectivity index (χ2n) is 5.14. The maximum Gasteiger partial charge on any atom is 0.253 e. The largest absolute Gasteiger partial charge is 0.490 e. The van der Waals surface area contributed by atoms with Crippen LogP contribution < -0.4 is 10.1 Å². The van der Waals surface area contributed by atoms with Crippen molar-refractivity contribution in [2.24, 2.45) is 0 Å². The van der Waals surface area contributed by atoms with Crippen LogP contribution in [0, 0.1) is 0 Å². The van der Waals surface area contributed by atoms with Crippen LogP contribution in [0.15, 0.2) is 43.0 Å². The molecule has 6 heteroatoms. The Bertz CT molecular complexity index is 607. The maximum absolute atomic E-state index is 12.1. The molecule has 0 aliphatic carbocycles. The molecule has 0 bridgehead atoms. The van der Waals surface area contributed by atoms with E-state index in [0.717, 1.165) is 12.8 Å². The average Bonchev–Trinajstić information content (AvgIpc) is 3.22. The van der Waals surface area contributed by atoms with Crippen LogP contribution in [0.3, 0.4) is 0 Å². The number of amides is 1. The molecule has 0 saturated carbocycles. The van der Waals surface area contributed by atoms with E-state index in [1.54, 1.807) is 12.5 Å². The molecule has 1 amide bonds. The fraction of sp³-hybridized carbons (Fsp3) is 0.375. The van der Waals surface area contributed by atoms with Gasteiger partial charge >= 0.3 is 0 Å². The number of imidazole rings is 1. The smallest absolute Gasteiger partial charge is 0.253 e. The molecule has 1 unspecified atom stereocenters. The molecule has 1 N–H and O–H groups in total. The van der Waals surface area contributed by atoms with Gasteiger partial charge in [-0.3, -0.25) is 4.79 Å². The van der Waals surface area contributed by atoms with E-state index in [1.807, 2.05) is 35.0 Å². The summed E-state index contributed by atoms with van der Waals surface area (Å²) in [5, 5.41) is 2.89. The Kier molecular flexibility index (Phi) is 4.70. The summed E-state index contributed by atoms with van der Waals surface area (Å²) in [6.07, 6.45) is 6.72. The summed E-state index contributed by atoms with van der Waals surface area (Å²) in [5.74, 6) is 0.553. The highest BCUT2D eigenvalue weighted by atomic mass is 16.5. The summed E-state index contributed by atoms with van der Waals surface area (Å²) in [7, 11) is 0.